The van der Waals surface area contributed by atoms with Gasteiger partial charge in [0.25, 0.3) is 0 Å². The van der Waals surface area contributed by atoms with Crippen molar-refractivity contribution >= 4 is 22.4 Å². The smallest absolute Gasteiger partial charge is 0.311 e. The van der Waals surface area contributed by atoms with Crippen LogP contribution in [0.3, 0.4) is 0 Å². The molecule has 0 aliphatic heterocycles. The summed E-state index contributed by atoms with van der Waals surface area (Å²) in [7, 11) is 1.82. The zero-order chi connectivity index (χ0) is 13.7. The molecule has 0 aromatic carbocycles. The predicted molar refractivity (Wildman–Crippen MR) is 70.8 cm³/mol. The van der Waals surface area contributed by atoms with Gasteiger partial charge in [0.05, 0.1) is 25.3 Å². The molecule has 0 saturated heterocycles. The van der Waals surface area contributed by atoms with Crippen LogP contribution in [0.1, 0.15) is 18.4 Å². The lowest BCUT2D eigenvalue weighted by atomic mass is 10.3. The van der Waals surface area contributed by atoms with Gasteiger partial charge in [0.15, 0.2) is 11.0 Å². The van der Waals surface area contributed by atoms with Gasteiger partial charge in [0, 0.05) is 12.4 Å². The molecular weight excluding hydrogens is 266 g/mol. The highest BCUT2D eigenvalue weighted by molar-refractivity contribution is 7.13. The lowest BCUT2D eigenvalue weighted by Crippen LogP contribution is -2.08. The molecule has 0 aliphatic rings. The van der Waals surface area contributed by atoms with E-state index >= 15 is 0 Å². The number of aromatic nitrogens is 4. The molecule has 102 valence electrons. The van der Waals surface area contributed by atoms with E-state index < -0.39 is 0 Å². The normalized spacial score (nSPS) is 10.4. The third-order valence-electron chi connectivity index (χ3n) is 2.23. The summed E-state index contributed by atoms with van der Waals surface area (Å²) in [5.74, 6) is 0.440. The predicted octanol–water partition coefficient (Wildman–Crippen LogP) is 0.989. The lowest BCUT2D eigenvalue weighted by molar-refractivity contribution is -0.142. The Labute approximate surface area is 114 Å². The standard InChI is InChI=1S/C11H15N5O2S/c1-3-18-10(17)4-8-6-19-11(14-8)12-5-9-13-7-16(2)15-9/h6-7H,3-5H2,1-2H3,(H,12,14). The third-order valence-corrected chi connectivity index (χ3v) is 3.08. The number of nitrogens with one attached hydrogen (secondary N) is 1. The van der Waals surface area contributed by atoms with Crippen LogP contribution in [-0.2, 0) is 29.5 Å². The average molecular weight is 281 g/mol. The fourth-order valence-corrected chi connectivity index (χ4v) is 2.16. The molecule has 2 rings (SSSR count). The maximum atomic E-state index is 11.3. The highest BCUT2D eigenvalue weighted by Crippen LogP contribution is 2.16. The van der Waals surface area contributed by atoms with Crippen molar-refractivity contribution in [3.63, 3.8) is 0 Å². The first-order valence-corrected chi connectivity index (χ1v) is 6.73. The van der Waals surface area contributed by atoms with Crippen LogP contribution in [0.4, 0.5) is 5.13 Å². The molecule has 0 aliphatic carbocycles. The van der Waals surface area contributed by atoms with Crippen LogP contribution in [0.25, 0.3) is 0 Å². The van der Waals surface area contributed by atoms with Gasteiger partial charge in [-0.3, -0.25) is 9.48 Å². The number of carbonyl (C=O) groups excluding carboxylic acids is 1. The maximum absolute atomic E-state index is 11.3. The van der Waals surface area contributed by atoms with Gasteiger partial charge in [-0.2, -0.15) is 5.10 Å². The first-order chi connectivity index (χ1) is 9.17. The van der Waals surface area contributed by atoms with E-state index in [4.69, 9.17) is 4.74 Å². The topological polar surface area (TPSA) is 81.9 Å². The molecule has 0 amide bonds. The van der Waals surface area contributed by atoms with Crippen molar-refractivity contribution in [3.8, 4) is 0 Å². The molecule has 8 heteroatoms. The molecule has 0 spiro atoms. The molecule has 2 aromatic rings. The van der Waals surface area contributed by atoms with E-state index in [0.29, 0.717) is 24.7 Å². The molecule has 0 unspecified atom stereocenters. The van der Waals surface area contributed by atoms with Gasteiger partial charge in [-0.1, -0.05) is 0 Å². The van der Waals surface area contributed by atoms with Gasteiger partial charge in [0.1, 0.15) is 6.33 Å². The molecule has 0 atom stereocenters. The Balaban J connectivity index is 1.85. The minimum atomic E-state index is -0.259. The van der Waals surface area contributed by atoms with Gasteiger partial charge in [-0.15, -0.1) is 11.3 Å². The van der Waals surface area contributed by atoms with Gasteiger partial charge < -0.3 is 10.1 Å². The van der Waals surface area contributed by atoms with E-state index in [0.717, 1.165) is 5.13 Å². The minimum absolute atomic E-state index is 0.202. The quantitative estimate of drug-likeness (QED) is 0.795. The molecule has 1 N–H and O–H groups in total. The van der Waals surface area contributed by atoms with Crippen molar-refractivity contribution in [2.45, 2.75) is 19.9 Å². The Morgan fingerprint density at radius 3 is 3.11 bits per heavy atom. The van der Waals surface area contributed by atoms with Gasteiger partial charge in [-0.25, -0.2) is 9.97 Å². The van der Waals surface area contributed by atoms with Crippen molar-refractivity contribution in [2.24, 2.45) is 7.05 Å². The fourth-order valence-electron chi connectivity index (χ4n) is 1.45. The zero-order valence-corrected chi connectivity index (χ0v) is 11.6. The van der Waals surface area contributed by atoms with Gasteiger partial charge in [0.2, 0.25) is 0 Å². The summed E-state index contributed by atoms with van der Waals surface area (Å²) in [6, 6.07) is 0. The molecular formula is C11H15N5O2S. The van der Waals surface area contributed by atoms with E-state index in [2.05, 4.69) is 20.4 Å². The number of carbonyl (C=O) groups is 1. The Morgan fingerprint density at radius 1 is 1.58 bits per heavy atom. The van der Waals surface area contributed by atoms with Crippen LogP contribution in [0.5, 0.6) is 0 Å². The second kappa shape index (κ2) is 6.28. The molecule has 0 saturated carbocycles. The third kappa shape index (κ3) is 4.02. The molecule has 2 aromatic heterocycles. The SMILES string of the molecule is CCOC(=O)Cc1csc(NCc2ncn(C)n2)n1. The number of anilines is 1. The van der Waals surface area contributed by atoms with Crippen LogP contribution in [0.2, 0.25) is 0 Å². The molecule has 2 heterocycles. The fraction of sp³-hybridized carbons (Fsp3) is 0.455. The van der Waals surface area contributed by atoms with Crippen LogP contribution in [-0.4, -0.2) is 32.3 Å². The van der Waals surface area contributed by atoms with Crippen molar-refractivity contribution < 1.29 is 9.53 Å². The summed E-state index contributed by atoms with van der Waals surface area (Å²) < 4.78 is 6.51. The first kappa shape index (κ1) is 13.5. The lowest BCUT2D eigenvalue weighted by Gasteiger charge is -1.99. The number of nitrogens with zero attached hydrogens (tertiary/aromatic N) is 4. The van der Waals surface area contributed by atoms with Crippen molar-refractivity contribution in [1.29, 1.82) is 0 Å². The van der Waals surface area contributed by atoms with Crippen LogP contribution >= 0.6 is 11.3 Å². The zero-order valence-electron chi connectivity index (χ0n) is 10.8. The van der Waals surface area contributed by atoms with E-state index in [9.17, 15) is 4.79 Å². The summed E-state index contributed by atoms with van der Waals surface area (Å²) in [5, 5.41) is 9.85. The second-order valence-electron chi connectivity index (χ2n) is 3.81. The Morgan fingerprint density at radius 2 is 2.42 bits per heavy atom. The Bertz CT molecular complexity index is 551. The van der Waals surface area contributed by atoms with E-state index in [-0.39, 0.29) is 12.4 Å². The number of aryl methyl sites for hydroxylation is 1. The van der Waals surface area contributed by atoms with Crippen molar-refractivity contribution in [2.75, 3.05) is 11.9 Å². The largest absolute Gasteiger partial charge is 0.466 e. The molecule has 19 heavy (non-hydrogen) atoms. The highest BCUT2D eigenvalue weighted by Gasteiger charge is 2.08. The molecule has 0 fully saturated rings. The number of esters is 1. The monoisotopic (exact) mass is 281 g/mol. The first-order valence-electron chi connectivity index (χ1n) is 5.85. The van der Waals surface area contributed by atoms with Crippen LogP contribution in [0, 0.1) is 0 Å². The van der Waals surface area contributed by atoms with Crippen molar-refractivity contribution in [1.82, 2.24) is 19.7 Å². The van der Waals surface area contributed by atoms with E-state index in [1.807, 2.05) is 12.4 Å². The van der Waals surface area contributed by atoms with Crippen LogP contribution in [0.15, 0.2) is 11.7 Å². The number of hydrogen-bond donors (Lipinski definition) is 1. The highest BCUT2D eigenvalue weighted by atomic mass is 32.1. The summed E-state index contributed by atoms with van der Waals surface area (Å²) in [4.78, 5) is 19.7. The summed E-state index contributed by atoms with van der Waals surface area (Å²) >= 11 is 1.44. The Hall–Kier alpha value is -1.96. The van der Waals surface area contributed by atoms with E-state index in [1.54, 1.807) is 17.9 Å². The summed E-state index contributed by atoms with van der Waals surface area (Å²) in [6.07, 6.45) is 1.85. The number of hydrogen-bond acceptors (Lipinski definition) is 7. The van der Waals surface area contributed by atoms with Crippen LogP contribution < -0.4 is 5.32 Å². The molecule has 7 nitrogen and oxygen atoms in total. The molecule has 0 bridgehead atoms. The van der Waals surface area contributed by atoms with E-state index in [1.165, 1.54) is 11.3 Å². The van der Waals surface area contributed by atoms with Crippen molar-refractivity contribution in [3.05, 3.63) is 23.2 Å². The number of ether oxygens (including phenoxy) is 1. The molecule has 0 radical (unpaired) electrons. The minimum Gasteiger partial charge on any atom is -0.466 e. The summed E-state index contributed by atoms with van der Waals surface area (Å²) in [6.45, 7) is 2.68. The second-order valence-corrected chi connectivity index (χ2v) is 4.67. The number of rotatable bonds is 6. The maximum Gasteiger partial charge on any atom is 0.311 e. The average Bonchev–Trinajstić information content (AvgIpc) is 2.96. The Kier molecular flexibility index (Phi) is 4.45. The van der Waals surface area contributed by atoms with Gasteiger partial charge in [-0.05, 0) is 6.92 Å². The number of thiazole rings is 1. The summed E-state index contributed by atoms with van der Waals surface area (Å²) in [5.41, 5.74) is 0.708. The van der Waals surface area contributed by atoms with Gasteiger partial charge >= 0.3 is 5.97 Å².